The lowest BCUT2D eigenvalue weighted by molar-refractivity contribution is -0.384. The van der Waals surface area contributed by atoms with Crippen LogP contribution in [-0.4, -0.2) is 15.1 Å². The van der Waals surface area contributed by atoms with Crippen LogP contribution < -0.4 is 0 Å². The average molecular weight is 254 g/mol. The molecular formula is C10H8ClN3O3. The zero-order valence-corrected chi connectivity index (χ0v) is 9.64. The van der Waals surface area contributed by atoms with Crippen LogP contribution in [0, 0.1) is 10.1 Å². The lowest BCUT2D eigenvalue weighted by atomic mass is 10.2. The van der Waals surface area contributed by atoms with Crippen molar-refractivity contribution in [3.63, 3.8) is 0 Å². The molecule has 0 unspecified atom stereocenters. The molecule has 7 heteroatoms. The number of rotatable bonds is 3. The summed E-state index contributed by atoms with van der Waals surface area (Å²) in [4.78, 5) is 10.0. The predicted molar refractivity (Wildman–Crippen MR) is 60.8 cm³/mol. The molecule has 2 aromatic rings. The Morgan fingerprint density at radius 3 is 2.76 bits per heavy atom. The number of benzene rings is 1. The number of aryl methyl sites for hydroxylation is 1. The summed E-state index contributed by atoms with van der Waals surface area (Å²) in [6.45, 7) is 1.88. The topological polar surface area (TPSA) is 82.1 Å². The summed E-state index contributed by atoms with van der Waals surface area (Å²) in [5.41, 5.74) is 0.415. The molecule has 0 bridgehead atoms. The molecule has 17 heavy (non-hydrogen) atoms. The van der Waals surface area contributed by atoms with E-state index in [9.17, 15) is 10.1 Å². The Bertz CT molecular complexity index is 568. The molecule has 0 aliphatic carbocycles. The standard InChI is InChI=1S/C10H8ClN3O3/c1-2-9-12-13-10(17-9)7-4-3-6(14(15)16)5-8(7)11/h3-5H,2H2,1H3. The Balaban J connectivity index is 2.42. The van der Waals surface area contributed by atoms with Crippen LogP contribution in [-0.2, 0) is 6.42 Å². The molecular weight excluding hydrogens is 246 g/mol. The highest BCUT2D eigenvalue weighted by Gasteiger charge is 2.15. The van der Waals surface area contributed by atoms with Gasteiger partial charge in [-0.2, -0.15) is 0 Å². The number of halogens is 1. The molecule has 0 radical (unpaired) electrons. The first-order valence-electron chi connectivity index (χ1n) is 4.88. The molecule has 6 nitrogen and oxygen atoms in total. The monoisotopic (exact) mass is 253 g/mol. The number of non-ortho nitro benzene ring substituents is 1. The van der Waals surface area contributed by atoms with Crippen molar-refractivity contribution in [2.24, 2.45) is 0 Å². The van der Waals surface area contributed by atoms with E-state index in [0.29, 0.717) is 17.9 Å². The van der Waals surface area contributed by atoms with Gasteiger partial charge in [-0.05, 0) is 6.07 Å². The fourth-order valence-corrected chi connectivity index (χ4v) is 1.55. The number of nitro benzene ring substituents is 1. The molecule has 0 spiro atoms. The zero-order chi connectivity index (χ0) is 12.4. The van der Waals surface area contributed by atoms with Crippen LogP contribution in [0.2, 0.25) is 5.02 Å². The Kier molecular flexibility index (Phi) is 3.06. The van der Waals surface area contributed by atoms with Crippen LogP contribution in [0.25, 0.3) is 11.5 Å². The summed E-state index contributed by atoms with van der Waals surface area (Å²) in [7, 11) is 0. The second kappa shape index (κ2) is 4.50. The zero-order valence-electron chi connectivity index (χ0n) is 8.88. The highest BCUT2D eigenvalue weighted by Crippen LogP contribution is 2.30. The van der Waals surface area contributed by atoms with E-state index >= 15 is 0 Å². The fraction of sp³-hybridized carbons (Fsp3) is 0.200. The number of nitro groups is 1. The van der Waals surface area contributed by atoms with Crippen LogP contribution in [0.3, 0.4) is 0 Å². The second-order valence-corrected chi connectivity index (χ2v) is 3.68. The van der Waals surface area contributed by atoms with Gasteiger partial charge in [-0.1, -0.05) is 18.5 Å². The molecule has 0 saturated heterocycles. The smallest absolute Gasteiger partial charge is 0.270 e. The summed E-state index contributed by atoms with van der Waals surface area (Å²) < 4.78 is 5.32. The predicted octanol–water partition coefficient (Wildman–Crippen LogP) is 2.86. The van der Waals surface area contributed by atoms with Crippen LogP contribution in [0.4, 0.5) is 5.69 Å². The van der Waals surface area contributed by atoms with Crippen molar-refractivity contribution in [2.45, 2.75) is 13.3 Å². The maximum absolute atomic E-state index is 10.5. The van der Waals surface area contributed by atoms with Crippen molar-refractivity contribution < 1.29 is 9.34 Å². The van der Waals surface area contributed by atoms with Crippen molar-refractivity contribution in [1.82, 2.24) is 10.2 Å². The number of aromatic nitrogens is 2. The quantitative estimate of drug-likeness (QED) is 0.620. The lowest BCUT2D eigenvalue weighted by Crippen LogP contribution is -1.88. The summed E-state index contributed by atoms with van der Waals surface area (Å²) in [6, 6.07) is 4.09. The molecule has 1 heterocycles. The van der Waals surface area contributed by atoms with Gasteiger partial charge in [-0.3, -0.25) is 10.1 Å². The lowest BCUT2D eigenvalue weighted by Gasteiger charge is -1.98. The largest absolute Gasteiger partial charge is 0.421 e. The maximum Gasteiger partial charge on any atom is 0.270 e. The molecule has 0 aliphatic rings. The van der Waals surface area contributed by atoms with Gasteiger partial charge in [-0.15, -0.1) is 10.2 Å². The van der Waals surface area contributed by atoms with E-state index in [1.807, 2.05) is 6.92 Å². The van der Waals surface area contributed by atoms with Crippen LogP contribution >= 0.6 is 11.6 Å². The number of hydrogen-bond donors (Lipinski definition) is 0. The Morgan fingerprint density at radius 1 is 1.47 bits per heavy atom. The number of hydrogen-bond acceptors (Lipinski definition) is 5. The molecule has 0 amide bonds. The molecule has 0 aliphatic heterocycles. The van der Waals surface area contributed by atoms with E-state index < -0.39 is 4.92 Å². The van der Waals surface area contributed by atoms with Gasteiger partial charge in [0.2, 0.25) is 11.8 Å². The molecule has 0 N–H and O–H groups in total. The minimum atomic E-state index is -0.513. The van der Waals surface area contributed by atoms with Crippen molar-refractivity contribution in [3.8, 4) is 11.5 Å². The maximum atomic E-state index is 10.5. The summed E-state index contributed by atoms with van der Waals surface area (Å²) in [5.74, 6) is 0.760. The van der Waals surface area contributed by atoms with E-state index in [2.05, 4.69) is 10.2 Å². The van der Waals surface area contributed by atoms with Gasteiger partial charge in [0, 0.05) is 18.6 Å². The van der Waals surface area contributed by atoms with Gasteiger partial charge in [0.1, 0.15) is 0 Å². The van der Waals surface area contributed by atoms with Gasteiger partial charge in [-0.25, -0.2) is 0 Å². The minimum absolute atomic E-state index is 0.0750. The SMILES string of the molecule is CCc1nnc(-c2ccc([N+](=O)[O-])cc2Cl)o1. The van der Waals surface area contributed by atoms with E-state index in [1.54, 1.807) is 0 Å². The van der Waals surface area contributed by atoms with E-state index in [0.717, 1.165) is 0 Å². The molecule has 1 aromatic heterocycles. The molecule has 88 valence electrons. The molecule has 0 fully saturated rings. The van der Waals surface area contributed by atoms with Gasteiger partial charge < -0.3 is 4.42 Å². The van der Waals surface area contributed by atoms with Crippen LogP contribution in [0.15, 0.2) is 22.6 Å². The Morgan fingerprint density at radius 2 is 2.24 bits per heavy atom. The van der Waals surface area contributed by atoms with Crippen molar-refractivity contribution in [1.29, 1.82) is 0 Å². The Labute approximate surface area is 101 Å². The van der Waals surface area contributed by atoms with Crippen LogP contribution in [0.1, 0.15) is 12.8 Å². The third kappa shape index (κ3) is 2.26. The van der Waals surface area contributed by atoms with E-state index in [1.165, 1.54) is 18.2 Å². The first-order valence-corrected chi connectivity index (χ1v) is 5.26. The normalized spacial score (nSPS) is 10.5. The summed E-state index contributed by atoms with van der Waals surface area (Å²) in [6.07, 6.45) is 0.623. The van der Waals surface area contributed by atoms with Gasteiger partial charge in [0.15, 0.2) is 0 Å². The Hall–Kier alpha value is -1.95. The first kappa shape index (κ1) is 11.5. The van der Waals surface area contributed by atoms with E-state index in [-0.39, 0.29) is 16.6 Å². The summed E-state index contributed by atoms with van der Waals surface area (Å²) in [5, 5.41) is 18.4. The third-order valence-corrected chi connectivity index (χ3v) is 2.48. The van der Waals surface area contributed by atoms with E-state index in [4.69, 9.17) is 16.0 Å². The summed E-state index contributed by atoms with van der Waals surface area (Å²) >= 11 is 5.93. The molecule has 2 rings (SSSR count). The molecule has 0 saturated carbocycles. The van der Waals surface area contributed by atoms with Gasteiger partial charge in [0.25, 0.3) is 5.69 Å². The van der Waals surface area contributed by atoms with Gasteiger partial charge in [0.05, 0.1) is 15.5 Å². The molecule has 0 atom stereocenters. The highest BCUT2D eigenvalue weighted by atomic mass is 35.5. The first-order chi connectivity index (χ1) is 8.11. The van der Waals surface area contributed by atoms with Gasteiger partial charge >= 0.3 is 0 Å². The molecule has 1 aromatic carbocycles. The van der Waals surface area contributed by atoms with Crippen molar-refractivity contribution >= 4 is 17.3 Å². The van der Waals surface area contributed by atoms with Crippen LogP contribution in [0.5, 0.6) is 0 Å². The second-order valence-electron chi connectivity index (χ2n) is 3.28. The highest BCUT2D eigenvalue weighted by molar-refractivity contribution is 6.33. The fourth-order valence-electron chi connectivity index (χ4n) is 1.30. The third-order valence-electron chi connectivity index (χ3n) is 2.16. The minimum Gasteiger partial charge on any atom is -0.421 e. The number of nitrogens with zero attached hydrogens (tertiary/aromatic N) is 3. The average Bonchev–Trinajstić information content (AvgIpc) is 2.77. The van der Waals surface area contributed by atoms with Crippen molar-refractivity contribution in [3.05, 3.63) is 39.2 Å². The van der Waals surface area contributed by atoms with Crippen molar-refractivity contribution in [2.75, 3.05) is 0 Å².